The third-order valence-electron chi connectivity index (χ3n) is 3.23. The minimum absolute atomic E-state index is 0.670. The van der Waals surface area contributed by atoms with Crippen molar-refractivity contribution in [3.8, 4) is 0 Å². The Balaban J connectivity index is 2.00. The van der Waals surface area contributed by atoms with Gasteiger partial charge in [-0.1, -0.05) is 25.1 Å². The molecule has 1 aromatic heterocycles. The van der Waals surface area contributed by atoms with Crippen LogP contribution in [-0.2, 0) is 0 Å². The lowest BCUT2D eigenvalue weighted by molar-refractivity contribution is 0.266. The highest BCUT2D eigenvalue weighted by atomic mass is 32.2. The van der Waals surface area contributed by atoms with E-state index in [2.05, 4.69) is 21.7 Å². The van der Waals surface area contributed by atoms with Crippen LogP contribution in [-0.4, -0.2) is 20.0 Å². The fourth-order valence-electron chi connectivity index (χ4n) is 2.59. The predicted octanol–water partition coefficient (Wildman–Crippen LogP) is 2.11. The summed E-state index contributed by atoms with van der Waals surface area (Å²) in [4.78, 5) is 0. The SMILES string of the molecule is CC1CCCC2Sc3nncn3C12. The molecule has 0 saturated heterocycles. The van der Waals surface area contributed by atoms with Crippen LogP contribution >= 0.6 is 11.8 Å². The molecular formula is C9H13N3S. The van der Waals surface area contributed by atoms with E-state index in [4.69, 9.17) is 0 Å². The van der Waals surface area contributed by atoms with Crippen molar-refractivity contribution < 1.29 is 0 Å². The number of nitrogens with zero attached hydrogens (tertiary/aromatic N) is 3. The highest BCUT2D eigenvalue weighted by Crippen LogP contribution is 2.48. The van der Waals surface area contributed by atoms with E-state index < -0.39 is 0 Å². The molecule has 0 radical (unpaired) electrons. The molecule has 70 valence electrons. The highest BCUT2D eigenvalue weighted by Gasteiger charge is 2.39. The van der Waals surface area contributed by atoms with Gasteiger partial charge < -0.3 is 4.57 Å². The molecule has 1 aliphatic heterocycles. The Morgan fingerprint density at radius 1 is 1.54 bits per heavy atom. The van der Waals surface area contributed by atoms with Gasteiger partial charge in [-0.2, -0.15) is 0 Å². The normalized spacial score (nSPS) is 37.2. The summed E-state index contributed by atoms with van der Waals surface area (Å²) >= 11 is 1.92. The standard InChI is InChI=1S/C9H13N3S/c1-6-3-2-4-7-8(6)12-5-10-11-9(12)13-7/h5-8H,2-4H2,1H3. The van der Waals surface area contributed by atoms with Crippen molar-refractivity contribution in [2.24, 2.45) is 5.92 Å². The maximum absolute atomic E-state index is 4.13. The summed E-state index contributed by atoms with van der Waals surface area (Å²) < 4.78 is 2.28. The zero-order valence-electron chi connectivity index (χ0n) is 7.68. The van der Waals surface area contributed by atoms with Gasteiger partial charge >= 0.3 is 0 Å². The van der Waals surface area contributed by atoms with Gasteiger partial charge in [0.15, 0.2) is 5.16 Å². The van der Waals surface area contributed by atoms with E-state index in [-0.39, 0.29) is 0 Å². The zero-order chi connectivity index (χ0) is 8.84. The van der Waals surface area contributed by atoms with Crippen molar-refractivity contribution in [2.45, 2.75) is 42.6 Å². The largest absolute Gasteiger partial charge is 0.304 e. The van der Waals surface area contributed by atoms with E-state index in [1.165, 1.54) is 19.3 Å². The van der Waals surface area contributed by atoms with Gasteiger partial charge in [0.05, 0.1) is 6.04 Å². The lowest BCUT2D eigenvalue weighted by atomic mass is 9.85. The molecule has 4 heteroatoms. The van der Waals surface area contributed by atoms with Crippen LogP contribution < -0.4 is 0 Å². The fourth-order valence-corrected chi connectivity index (χ4v) is 4.07. The minimum atomic E-state index is 0.670. The lowest BCUT2D eigenvalue weighted by Crippen LogP contribution is -2.26. The molecule has 1 fully saturated rings. The third-order valence-corrected chi connectivity index (χ3v) is 4.55. The van der Waals surface area contributed by atoms with E-state index in [1.54, 1.807) is 0 Å². The van der Waals surface area contributed by atoms with E-state index in [0.717, 1.165) is 16.3 Å². The molecule has 0 bridgehead atoms. The van der Waals surface area contributed by atoms with Gasteiger partial charge in [-0.05, 0) is 18.8 Å². The van der Waals surface area contributed by atoms with Crippen LogP contribution in [0.2, 0.25) is 0 Å². The van der Waals surface area contributed by atoms with Gasteiger partial charge in [-0.15, -0.1) is 10.2 Å². The predicted molar refractivity (Wildman–Crippen MR) is 51.7 cm³/mol. The molecule has 2 heterocycles. The first-order valence-electron chi connectivity index (χ1n) is 4.92. The maximum atomic E-state index is 4.13. The fraction of sp³-hybridized carbons (Fsp3) is 0.778. The molecule has 3 nitrogen and oxygen atoms in total. The van der Waals surface area contributed by atoms with Gasteiger partial charge in [-0.25, -0.2) is 0 Å². The summed E-state index contributed by atoms with van der Waals surface area (Å²) in [5.74, 6) is 0.795. The summed E-state index contributed by atoms with van der Waals surface area (Å²) in [5.41, 5.74) is 0. The Kier molecular flexibility index (Phi) is 1.65. The first-order valence-corrected chi connectivity index (χ1v) is 5.80. The van der Waals surface area contributed by atoms with Crippen LogP contribution in [0.25, 0.3) is 0 Å². The van der Waals surface area contributed by atoms with Gasteiger partial charge in [-0.3, -0.25) is 0 Å². The summed E-state index contributed by atoms with van der Waals surface area (Å²) in [6.07, 6.45) is 5.99. The van der Waals surface area contributed by atoms with Crippen LogP contribution in [0.1, 0.15) is 32.2 Å². The zero-order valence-corrected chi connectivity index (χ0v) is 8.50. The Morgan fingerprint density at radius 3 is 3.38 bits per heavy atom. The van der Waals surface area contributed by atoms with Crippen molar-refractivity contribution >= 4 is 11.8 Å². The number of fused-ring (bicyclic) bond motifs is 3. The van der Waals surface area contributed by atoms with E-state index in [1.807, 2.05) is 18.1 Å². The molecule has 0 aromatic carbocycles. The summed E-state index contributed by atoms with van der Waals surface area (Å²) in [5, 5.41) is 9.99. The minimum Gasteiger partial charge on any atom is -0.304 e. The highest BCUT2D eigenvalue weighted by molar-refractivity contribution is 8.00. The van der Waals surface area contributed by atoms with Crippen LogP contribution in [0.15, 0.2) is 11.5 Å². The number of hydrogen-bond donors (Lipinski definition) is 0. The first-order chi connectivity index (χ1) is 6.36. The monoisotopic (exact) mass is 195 g/mol. The molecule has 3 unspecified atom stereocenters. The van der Waals surface area contributed by atoms with Crippen molar-refractivity contribution in [3.05, 3.63) is 6.33 Å². The van der Waals surface area contributed by atoms with E-state index in [9.17, 15) is 0 Å². The van der Waals surface area contributed by atoms with Gasteiger partial charge in [0.1, 0.15) is 6.33 Å². The number of aromatic nitrogens is 3. The summed E-state index contributed by atoms with van der Waals surface area (Å²) in [6.45, 7) is 2.35. The Morgan fingerprint density at radius 2 is 2.46 bits per heavy atom. The van der Waals surface area contributed by atoms with E-state index >= 15 is 0 Å². The van der Waals surface area contributed by atoms with Gasteiger partial charge in [0.2, 0.25) is 0 Å². The molecule has 1 aliphatic carbocycles. The molecule has 1 saturated carbocycles. The van der Waals surface area contributed by atoms with Crippen LogP contribution in [0, 0.1) is 5.92 Å². The summed E-state index contributed by atoms with van der Waals surface area (Å²) in [7, 11) is 0. The quantitative estimate of drug-likeness (QED) is 0.635. The lowest BCUT2D eigenvalue weighted by Gasteiger charge is -2.30. The third kappa shape index (κ3) is 1.04. The molecule has 3 rings (SSSR count). The Hall–Kier alpha value is -0.510. The molecule has 13 heavy (non-hydrogen) atoms. The Bertz CT molecular complexity index is 322. The number of thioether (sulfide) groups is 1. The average molecular weight is 195 g/mol. The van der Waals surface area contributed by atoms with Crippen LogP contribution in [0.4, 0.5) is 0 Å². The second-order valence-electron chi connectivity index (χ2n) is 4.08. The smallest absolute Gasteiger partial charge is 0.191 e. The van der Waals surface area contributed by atoms with Gasteiger partial charge in [0, 0.05) is 5.25 Å². The van der Waals surface area contributed by atoms with Crippen LogP contribution in [0.3, 0.4) is 0 Å². The second-order valence-corrected chi connectivity index (χ2v) is 5.28. The molecular weight excluding hydrogens is 182 g/mol. The van der Waals surface area contributed by atoms with Gasteiger partial charge in [0.25, 0.3) is 0 Å². The maximum Gasteiger partial charge on any atom is 0.191 e. The molecule has 0 spiro atoms. The number of hydrogen-bond acceptors (Lipinski definition) is 3. The average Bonchev–Trinajstić information content (AvgIpc) is 2.62. The van der Waals surface area contributed by atoms with Crippen molar-refractivity contribution in [1.82, 2.24) is 14.8 Å². The van der Waals surface area contributed by atoms with Crippen molar-refractivity contribution in [3.63, 3.8) is 0 Å². The molecule has 0 amide bonds. The van der Waals surface area contributed by atoms with E-state index in [0.29, 0.717) is 6.04 Å². The second kappa shape index (κ2) is 2.74. The summed E-state index contributed by atoms with van der Waals surface area (Å²) in [6, 6.07) is 0.670. The molecule has 1 aromatic rings. The molecule has 2 aliphatic rings. The van der Waals surface area contributed by atoms with Crippen LogP contribution in [0.5, 0.6) is 0 Å². The van der Waals surface area contributed by atoms with Crippen molar-refractivity contribution in [2.75, 3.05) is 0 Å². The van der Waals surface area contributed by atoms with Crippen molar-refractivity contribution in [1.29, 1.82) is 0 Å². The number of rotatable bonds is 0. The molecule has 0 N–H and O–H groups in total. The Labute approximate surface area is 81.9 Å². The molecule has 3 atom stereocenters. The topological polar surface area (TPSA) is 30.7 Å². The first kappa shape index (κ1) is 7.85.